The van der Waals surface area contributed by atoms with Gasteiger partial charge in [-0.2, -0.15) is 0 Å². The number of rotatable bonds is 7. The molecule has 0 bridgehead atoms. The maximum atomic E-state index is 11.9. The molecule has 0 aliphatic heterocycles. The maximum absolute atomic E-state index is 11.9. The minimum absolute atomic E-state index is 0.00719. The van der Waals surface area contributed by atoms with E-state index in [-0.39, 0.29) is 17.3 Å². The molecular weight excluding hydrogens is 258 g/mol. The second kappa shape index (κ2) is 8.23. The summed E-state index contributed by atoms with van der Waals surface area (Å²) in [5.41, 5.74) is 6.97. The first-order valence-corrected chi connectivity index (χ1v) is 7.65. The Balaban J connectivity index is 2.78. The minimum Gasteiger partial charge on any atom is -0.465 e. The van der Waals surface area contributed by atoms with Crippen molar-refractivity contribution in [3.63, 3.8) is 0 Å². The van der Waals surface area contributed by atoms with Crippen LogP contribution in [-0.2, 0) is 9.53 Å². The van der Waals surface area contributed by atoms with Crippen molar-refractivity contribution >= 4 is 17.7 Å². The zero-order chi connectivity index (χ0) is 14.3. The highest BCUT2D eigenvalue weighted by atomic mass is 32.2. The lowest BCUT2D eigenvalue weighted by atomic mass is 10.1. The van der Waals surface area contributed by atoms with E-state index in [1.54, 1.807) is 11.8 Å². The molecule has 0 amide bonds. The molecule has 3 nitrogen and oxygen atoms in total. The topological polar surface area (TPSA) is 52.3 Å². The highest BCUT2D eigenvalue weighted by Gasteiger charge is 2.20. The Bertz CT molecular complexity index is 407. The van der Waals surface area contributed by atoms with E-state index >= 15 is 0 Å². The van der Waals surface area contributed by atoms with Gasteiger partial charge in [-0.1, -0.05) is 25.5 Å². The molecule has 0 spiro atoms. The largest absolute Gasteiger partial charge is 0.465 e. The Morgan fingerprint density at radius 1 is 1.42 bits per heavy atom. The second-order valence-electron chi connectivity index (χ2n) is 4.51. The standard InChI is InChI=1S/C15H23NO2S/c1-4-7-14(15(17)18-5-2)19-13-9-6-8-12(10-13)11(3)16/h6,8-11,14H,4-5,7,16H2,1-3H3. The predicted molar refractivity (Wildman–Crippen MR) is 80.2 cm³/mol. The number of carbonyl (C=O) groups excluding carboxylic acids is 1. The Hall–Kier alpha value is -1.00. The molecule has 1 rings (SSSR count). The molecule has 1 aromatic carbocycles. The van der Waals surface area contributed by atoms with Crippen LogP contribution in [0.15, 0.2) is 29.2 Å². The molecule has 0 heterocycles. The average Bonchev–Trinajstić information content (AvgIpc) is 2.39. The molecule has 0 saturated heterocycles. The lowest BCUT2D eigenvalue weighted by Crippen LogP contribution is -2.20. The molecule has 2 unspecified atom stereocenters. The van der Waals surface area contributed by atoms with Crippen LogP contribution in [0.4, 0.5) is 0 Å². The average molecular weight is 281 g/mol. The fraction of sp³-hybridized carbons (Fsp3) is 0.533. The molecule has 1 aromatic rings. The third-order valence-corrected chi connectivity index (χ3v) is 4.00. The van der Waals surface area contributed by atoms with E-state index < -0.39 is 0 Å². The van der Waals surface area contributed by atoms with E-state index in [2.05, 4.69) is 13.0 Å². The first-order valence-electron chi connectivity index (χ1n) is 6.77. The monoisotopic (exact) mass is 281 g/mol. The lowest BCUT2D eigenvalue weighted by molar-refractivity contribution is -0.142. The van der Waals surface area contributed by atoms with Crippen molar-refractivity contribution in [1.29, 1.82) is 0 Å². The Kier molecular flexibility index (Phi) is 6.95. The molecule has 19 heavy (non-hydrogen) atoms. The molecule has 0 saturated carbocycles. The number of esters is 1. The number of hydrogen-bond acceptors (Lipinski definition) is 4. The van der Waals surface area contributed by atoms with Crippen LogP contribution in [0.25, 0.3) is 0 Å². The fourth-order valence-corrected chi connectivity index (χ4v) is 2.97. The van der Waals surface area contributed by atoms with Gasteiger partial charge in [0.05, 0.1) is 6.61 Å². The van der Waals surface area contributed by atoms with Crippen LogP contribution in [-0.4, -0.2) is 17.8 Å². The Morgan fingerprint density at radius 3 is 2.74 bits per heavy atom. The van der Waals surface area contributed by atoms with E-state index in [9.17, 15) is 4.79 Å². The summed E-state index contributed by atoms with van der Waals surface area (Å²) < 4.78 is 5.12. The van der Waals surface area contributed by atoms with Gasteiger partial charge in [0, 0.05) is 10.9 Å². The molecule has 0 aliphatic carbocycles. The van der Waals surface area contributed by atoms with Gasteiger partial charge in [-0.15, -0.1) is 11.8 Å². The summed E-state index contributed by atoms with van der Waals surface area (Å²) in [6.45, 7) is 6.30. The fourth-order valence-electron chi connectivity index (χ4n) is 1.76. The molecule has 4 heteroatoms. The van der Waals surface area contributed by atoms with Crippen molar-refractivity contribution in [3.8, 4) is 0 Å². The third-order valence-electron chi connectivity index (χ3n) is 2.76. The summed E-state index contributed by atoms with van der Waals surface area (Å²) in [5, 5.41) is -0.131. The number of hydrogen-bond donors (Lipinski definition) is 1. The number of thioether (sulfide) groups is 1. The van der Waals surface area contributed by atoms with Gasteiger partial charge in [-0.3, -0.25) is 4.79 Å². The highest BCUT2D eigenvalue weighted by Crippen LogP contribution is 2.29. The van der Waals surface area contributed by atoms with E-state index in [0.717, 1.165) is 23.3 Å². The minimum atomic E-state index is -0.131. The first-order chi connectivity index (χ1) is 9.08. The van der Waals surface area contributed by atoms with Gasteiger partial charge in [0.1, 0.15) is 5.25 Å². The molecule has 0 radical (unpaired) electrons. The predicted octanol–water partition coefficient (Wildman–Crippen LogP) is 3.53. The summed E-state index contributed by atoms with van der Waals surface area (Å²) >= 11 is 1.56. The van der Waals surface area contributed by atoms with Crippen molar-refractivity contribution in [1.82, 2.24) is 0 Å². The van der Waals surface area contributed by atoms with Crippen molar-refractivity contribution in [3.05, 3.63) is 29.8 Å². The van der Waals surface area contributed by atoms with Gasteiger partial charge >= 0.3 is 5.97 Å². The van der Waals surface area contributed by atoms with Crippen LogP contribution in [0.3, 0.4) is 0 Å². The number of benzene rings is 1. The van der Waals surface area contributed by atoms with E-state index in [1.807, 2.05) is 32.0 Å². The summed E-state index contributed by atoms with van der Waals surface area (Å²) in [5.74, 6) is -0.124. The molecule has 0 fully saturated rings. The maximum Gasteiger partial charge on any atom is 0.319 e. The second-order valence-corrected chi connectivity index (χ2v) is 5.78. The van der Waals surface area contributed by atoms with Crippen molar-refractivity contribution in [2.75, 3.05) is 6.61 Å². The van der Waals surface area contributed by atoms with E-state index in [0.29, 0.717) is 6.61 Å². The van der Waals surface area contributed by atoms with Crippen LogP contribution in [0.5, 0.6) is 0 Å². The van der Waals surface area contributed by atoms with E-state index in [1.165, 1.54) is 0 Å². The SMILES string of the molecule is CCCC(Sc1cccc(C(C)N)c1)C(=O)OCC. The number of nitrogens with two attached hydrogens (primary N) is 1. The van der Waals surface area contributed by atoms with Crippen LogP contribution in [0.2, 0.25) is 0 Å². The smallest absolute Gasteiger partial charge is 0.319 e. The molecule has 106 valence electrons. The van der Waals surface area contributed by atoms with Crippen LogP contribution in [0, 0.1) is 0 Å². The van der Waals surface area contributed by atoms with Gasteiger partial charge in [-0.25, -0.2) is 0 Å². The summed E-state index contributed by atoms with van der Waals surface area (Å²) in [6.07, 6.45) is 1.79. The van der Waals surface area contributed by atoms with Crippen molar-refractivity contribution in [2.45, 2.75) is 49.8 Å². The summed E-state index contributed by atoms with van der Waals surface area (Å²) in [6, 6.07) is 8.06. The van der Waals surface area contributed by atoms with Gasteiger partial charge in [0.25, 0.3) is 0 Å². The zero-order valence-corrected chi connectivity index (χ0v) is 12.7. The molecular formula is C15H23NO2S. The van der Waals surface area contributed by atoms with E-state index in [4.69, 9.17) is 10.5 Å². The Labute approximate surface area is 119 Å². The van der Waals surface area contributed by atoms with Crippen LogP contribution < -0.4 is 5.73 Å². The van der Waals surface area contributed by atoms with Crippen LogP contribution >= 0.6 is 11.8 Å². The molecule has 0 aliphatic rings. The van der Waals surface area contributed by atoms with Gasteiger partial charge in [0.2, 0.25) is 0 Å². The van der Waals surface area contributed by atoms with Gasteiger partial charge in [-0.05, 0) is 38.0 Å². The zero-order valence-electron chi connectivity index (χ0n) is 11.9. The quantitative estimate of drug-likeness (QED) is 0.613. The summed E-state index contributed by atoms with van der Waals surface area (Å²) in [7, 11) is 0. The van der Waals surface area contributed by atoms with Gasteiger partial charge < -0.3 is 10.5 Å². The first kappa shape index (κ1) is 16.1. The molecule has 2 atom stereocenters. The number of carbonyl (C=O) groups is 1. The highest BCUT2D eigenvalue weighted by molar-refractivity contribution is 8.00. The third kappa shape index (κ3) is 5.25. The molecule has 2 N–H and O–H groups in total. The molecule has 0 aromatic heterocycles. The van der Waals surface area contributed by atoms with Crippen molar-refractivity contribution < 1.29 is 9.53 Å². The lowest BCUT2D eigenvalue weighted by Gasteiger charge is -2.15. The Morgan fingerprint density at radius 2 is 2.16 bits per heavy atom. The summed E-state index contributed by atoms with van der Waals surface area (Å²) in [4.78, 5) is 13.0. The van der Waals surface area contributed by atoms with Crippen LogP contribution in [0.1, 0.15) is 45.2 Å². The normalized spacial score (nSPS) is 13.9. The van der Waals surface area contributed by atoms with Crippen molar-refractivity contribution in [2.24, 2.45) is 5.73 Å². The number of ether oxygens (including phenoxy) is 1. The van der Waals surface area contributed by atoms with Gasteiger partial charge in [0.15, 0.2) is 0 Å².